The molecule has 0 aliphatic heterocycles. The summed E-state index contributed by atoms with van der Waals surface area (Å²) in [5.41, 5.74) is 2.02. The molecule has 4 rings (SSSR count). The van der Waals surface area contributed by atoms with Gasteiger partial charge in [-0.05, 0) is 80.9 Å². The van der Waals surface area contributed by atoms with Gasteiger partial charge in [0.15, 0.2) is 0 Å². The van der Waals surface area contributed by atoms with Gasteiger partial charge in [-0.1, -0.05) is 6.07 Å². The Balaban J connectivity index is 1.28. The highest BCUT2D eigenvalue weighted by molar-refractivity contribution is 5.80. The molecule has 2 aliphatic rings. The quantitative estimate of drug-likeness (QED) is 0.841. The van der Waals surface area contributed by atoms with Crippen LogP contribution in [0.1, 0.15) is 62.8 Å². The number of benzene rings is 1. The smallest absolute Gasteiger partial charge is 0.240 e. The van der Waals surface area contributed by atoms with Crippen LogP contribution in [0.25, 0.3) is 10.9 Å². The zero-order valence-electron chi connectivity index (χ0n) is 16.5. The van der Waals surface area contributed by atoms with Gasteiger partial charge in [-0.2, -0.15) is 4.39 Å². The summed E-state index contributed by atoms with van der Waals surface area (Å²) >= 11 is 0. The summed E-state index contributed by atoms with van der Waals surface area (Å²) < 4.78 is 15.6. The summed E-state index contributed by atoms with van der Waals surface area (Å²) in [6.07, 6.45) is 7.17. The van der Waals surface area contributed by atoms with E-state index in [1.54, 1.807) is 11.7 Å². The van der Waals surface area contributed by atoms with Crippen molar-refractivity contribution >= 4 is 16.8 Å². The van der Waals surface area contributed by atoms with E-state index in [2.05, 4.69) is 16.5 Å². The number of aliphatic hydroxyl groups excluding tert-OH is 1. The molecule has 0 saturated heterocycles. The molecule has 0 atom stereocenters. The SMILES string of the molecule is Cn1nc(F)c2cc([C@H]3CC[C@H](CNC(=O)C4CCC(O)CC4)CC3)ccc21. The zero-order chi connectivity index (χ0) is 19.7. The molecule has 1 amide bonds. The number of aryl methyl sites for hydroxylation is 1. The minimum Gasteiger partial charge on any atom is -0.393 e. The number of halogens is 1. The maximum Gasteiger partial charge on any atom is 0.240 e. The molecule has 0 spiro atoms. The van der Waals surface area contributed by atoms with Crippen molar-refractivity contribution in [1.82, 2.24) is 15.1 Å². The van der Waals surface area contributed by atoms with Crippen LogP contribution in [0, 0.1) is 17.8 Å². The van der Waals surface area contributed by atoms with E-state index >= 15 is 0 Å². The molecule has 2 aromatic rings. The number of amides is 1. The predicted molar refractivity (Wildman–Crippen MR) is 106 cm³/mol. The lowest BCUT2D eigenvalue weighted by Gasteiger charge is -2.30. The van der Waals surface area contributed by atoms with Gasteiger partial charge in [0.1, 0.15) is 0 Å². The second-order valence-electron chi connectivity index (χ2n) is 8.66. The Morgan fingerprint density at radius 3 is 2.61 bits per heavy atom. The first kappa shape index (κ1) is 19.4. The fourth-order valence-electron chi connectivity index (χ4n) is 4.92. The molecule has 2 fully saturated rings. The van der Waals surface area contributed by atoms with Crippen molar-refractivity contribution in [2.45, 2.75) is 63.4 Å². The van der Waals surface area contributed by atoms with Crippen LogP contribution in [0.2, 0.25) is 0 Å². The van der Waals surface area contributed by atoms with Gasteiger partial charge in [-0.3, -0.25) is 9.48 Å². The molecular formula is C22H30FN3O2. The lowest BCUT2D eigenvalue weighted by atomic mass is 9.78. The van der Waals surface area contributed by atoms with Gasteiger partial charge in [0.2, 0.25) is 11.9 Å². The first-order valence-electron chi connectivity index (χ1n) is 10.6. The number of aromatic nitrogens is 2. The molecule has 0 bridgehead atoms. The van der Waals surface area contributed by atoms with Crippen molar-refractivity contribution in [3.8, 4) is 0 Å². The third-order valence-corrected chi connectivity index (χ3v) is 6.78. The van der Waals surface area contributed by atoms with Gasteiger partial charge in [-0.15, -0.1) is 5.10 Å². The lowest BCUT2D eigenvalue weighted by molar-refractivity contribution is -0.126. The maximum absolute atomic E-state index is 14.0. The summed E-state index contributed by atoms with van der Waals surface area (Å²) in [5.74, 6) is 0.808. The van der Waals surface area contributed by atoms with Crippen molar-refractivity contribution in [3.05, 3.63) is 29.7 Å². The topological polar surface area (TPSA) is 67.2 Å². The van der Waals surface area contributed by atoms with Gasteiger partial charge in [-0.25, -0.2) is 0 Å². The van der Waals surface area contributed by atoms with Crippen molar-refractivity contribution < 1.29 is 14.3 Å². The Hall–Kier alpha value is -1.95. The van der Waals surface area contributed by atoms with E-state index in [-0.39, 0.29) is 17.9 Å². The van der Waals surface area contributed by atoms with Gasteiger partial charge >= 0.3 is 0 Å². The summed E-state index contributed by atoms with van der Waals surface area (Å²) in [4.78, 5) is 12.4. The Kier molecular flexibility index (Phi) is 5.67. The minimum absolute atomic E-state index is 0.0702. The number of rotatable bonds is 4. The van der Waals surface area contributed by atoms with Crippen LogP contribution in [-0.2, 0) is 11.8 Å². The van der Waals surface area contributed by atoms with Crippen molar-refractivity contribution in [2.24, 2.45) is 18.9 Å². The Bertz CT molecular complexity index is 834. The van der Waals surface area contributed by atoms with Crippen LogP contribution in [-0.4, -0.2) is 33.4 Å². The third-order valence-electron chi connectivity index (χ3n) is 6.78. The predicted octanol–water partition coefficient (Wildman–Crippen LogP) is 3.65. The average Bonchev–Trinajstić information content (AvgIpc) is 3.00. The Morgan fingerprint density at radius 2 is 1.89 bits per heavy atom. The Labute approximate surface area is 165 Å². The molecule has 0 unspecified atom stereocenters. The number of aliphatic hydroxyl groups is 1. The molecule has 2 N–H and O–H groups in total. The highest BCUT2D eigenvalue weighted by Gasteiger charge is 2.27. The summed E-state index contributed by atoms with van der Waals surface area (Å²) in [6.45, 7) is 0.751. The number of fused-ring (bicyclic) bond motifs is 1. The highest BCUT2D eigenvalue weighted by Crippen LogP contribution is 2.37. The molecule has 28 heavy (non-hydrogen) atoms. The zero-order valence-corrected chi connectivity index (χ0v) is 16.5. The molecule has 1 aromatic carbocycles. The Morgan fingerprint density at radius 1 is 1.18 bits per heavy atom. The number of hydrogen-bond donors (Lipinski definition) is 2. The fraction of sp³-hybridized carbons (Fsp3) is 0.636. The standard InChI is InChI=1S/C22H30FN3O2/c1-26-20-11-8-17(12-19(20)21(23)25-26)15-4-2-14(3-5-15)13-24-22(28)16-6-9-18(27)10-7-16/h8,11-12,14-16,18,27H,2-7,9-10,13H2,1H3,(H,24,28)/t14-,15-,16?,18?. The molecular weight excluding hydrogens is 357 g/mol. The number of carbonyl (C=O) groups is 1. The van der Waals surface area contributed by atoms with E-state index in [1.807, 2.05) is 12.1 Å². The van der Waals surface area contributed by atoms with Crippen LogP contribution >= 0.6 is 0 Å². The molecule has 0 radical (unpaired) electrons. The largest absolute Gasteiger partial charge is 0.393 e. The van der Waals surface area contributed by atoms with Crippen LogP contribution in [0.3, 0.4) is 0 Å². The number of nitrogens with zero attached hydrogens (tertiary/aromatic N) is 2. The van der Waals surface area contributed by atoms with E-state index in [9.17, 15) is 14.3 Å². The maximum atomic E-state index is 14.0. The van der Waals surface area contributed by atoms with E-state index in [4.69, 9.17) is 0 Å². The van der Waals surface area contributed by atoms with Gasteiger partial charge in [0.25, 0.3) is 0 Å². The summed E-state index contributed by atoms with van der Waals surface area (Å²) in [5, 5.41) is 17.2. The molecule has 152 valence electrons. The number of carbonyl (C=O) groups excluding carboxylic acids is 1. The van der Waals surface area contributed by atoms with Gasteiger partial charge in [0, 0.05) is 19.5 Å². The summed E-state index contributed by atoms with van der Waals surface area (Å²) in [6, 6.07) is 6.03. The van der Waals surface area contributed by atoms with Crippen molar-refractivity contribution in [3.63, 3.8) is 0 Å². The second kappa shape index (κ2) is 8.19. The van der Waals surface area contributed by atoms with Crippen LogP contribution in [0.4, 0.5) is 4.39 Å². The van der Waals surface area contributed by atoms with E-state index < -0.39 is 5.95 Å². The van der Waals surface area contributed by atoms with Gasteiger partial charge in [0.05, 0.1) is 17.0 Å². The normalized spacial score (nSPS) is 28.4. The molecule has 1 aromatic heterocycles. The highest BCUT2D eigenvalue weighted by atomic mass is 19.1. The van der Waals surface area contributed by atoms with E-state index in [1.165, 1.54) is 5.56 Å². The summed E-state index contributed by atoms with van der Waals surface area (Å²) in [7, 11) is 1.76. The van der Waals surface area contributed by atoms with Crippen molar-refractivity contribution in [1.29, 1.82) is 0 Å². The molecule has 5 nitrogen and oxygen atoms in total. The van der Waals surface area contributed by atoms with Crippen LogP contribution in [0.15, 0.2) is 18.2 Å². The number of hydrogen-bond acceptors (Lipinski definition) is 3. The average molecular weight is 387 g/mol. The number of nitrogens with one attached hydrogen (secondary N) is 1. The molecule has 2 saturated carbocycles. The first-order valence-corrected chi connectivity index (χ1v) is 10.6. The van der Waals surface area contributed by atoms with E-state index in [0.29, 0.717) is 17.2 Å². The minimum atomic E-state index is -0.397. The molecule has 6 heteroatoms. The molecule has 1 heterocycles. The van der Waals surface area contributed by atoms with Crippen LogP contribution in [0.5, 0.6) is 0 Å². The van der Waals surface area contributed by atoms with Crippen LogP contribution < -0.4 is 5.32 Å². The second-order valence-corrected chi connectivity index (χ2v) is 8.66. The molecule has 2 aliphatic carbocycles. The monoisotopic (exact) mass is 387 g/mol. The van der Waals surface area contributed by atoms with Gasteiger partial charge < -0.3 is 10.4 Å². The lowest BCUT2D eigenvalue weighted by Crippen LogP contribution is -2.37. The third kappa shape index (κ3) is 4.07. The van der Waals surface area contributed by atoms with E-state index in [0.717, 1.165) is 63.4 Å². The first-order chi connectivity index (χ1) is 13.5. The fourth-order valence-corrected chi connectivity index (χ4v) is 4.92. The van der Waals surface area contributed by atoms with Crippen molar-refractivity contribution in [2.75, 3.05) is 6.54 Å².